The predicted molar refractivity (Wildman–Crippen MR) is 96.5 cm³/mol. The average molecular weight is 378 g/mol. The number of benzene rings is 1. The van der Waals surface area contributed by atoms with Crippen molar-refractivity contribution in [2.24, 2.45) is 0 Å². The van der Waals surface area contributed by atoms with Gasteiger partial charge in [0.1, 0.15) is 4.32 Å². The fourth-order valence-electron chi connectivity index (χ4n) is 2.36. The molecule has 0 saturated carbocycles. The molecule has 1 aliphatic heterocycles. The number of nitrogens with zero attached hydrogens (tertiary/aromatic N) is 1. The second kappa shape index (κ2) is 8.26. The predicted octanol–water partition coefficient (Wildman–Crippen LogP) is 1.59. The first-order valence-corrected chi connectivity index (χ1v) is 8.77. The lowest BCUT2D eigenvalue weighted by Gasteiger charge is -2.27. The molecule has 0 N–H and O–H groups in total. The van der Waals surface area contributed by atoms with Crippen LogP contribution in [0.25, 0.3) is 6.08 Å². The second-order valence-corrected chi connectivity index (χ2v) is 6.96. The van der Waals surface area contributed by atoms with Crippen molar-refractivity contribution in [2.45, 2.75) is 25.8 Å². The van der Waals surface area contributed by atoms with Crippen LogP contribution >= 0.6 is 24.0 Å². The lowest BCUT2D eigenvalue weighted by Crippen LogP contribution is -2.49. The summed E-state index contributed by atoms with van der Waals surface area (Å²) in [5.74, 6) is -2.22. The molecule has 0 unspecified atom stereocenters. The number of esters is 1. The lowest BCUT2D eigenvalue weighted by molar-refractivity contribution is -0.310. The number of carboxylic acids is 1. The molecule has 6 nitrogen and oxygen atoms in total. The molecule has 1 heterocycles. The molecule has 1 aliphatic rings. The van der Waals surface area contributed by atoms with E-state index < -0.39 is 23.9 Å². The highest BCUT2D eigenvalue weighted by atomic mass is 32.2. The molecule has 8 heteroatoms. The van der Waals surface area contributed by atoms with E-state index in [1.807, 2.05) is 6.92 Å². The minimum atomic E-state index is -1.32. The van der Waals surface area contributed by atoms with Gasteiger partial charge in [-0.3, -0.25) is 9.69 Å². The number of thioether (sulfide) groups is 1. The van der Waals surface area contributed by atoms with Gasteiger partial charge in [-0.2, -0.15) is 0 Å². The maximum atomic E-state index is 12.5. The number of carbonyl (C=O) groups excluding carboxylic acids is 3. The number of carbonyl (C=O) groups is 3. The van der Waals surface area contributed by atoms with Crippen LogP contribution in [-0.4, -0.2) is 40.2 Å². The molecule has 132 valence electrons. The lowest BCUT2D eigenvalue weighted by atomic mass is 10.1. The molecule has 1 aromatic carbocycles. The van der Waals surface area contributed by atoms with Crippen molar-refractivity contribution in [2.75, 3.05) is 7.11 Å². The molecule has 1 atom stereocenters. The SMILES string of the molecule is CCC[C@H](C(=O)[O-])N1C(=O)/C(=C/c2ccc(C(=O)OC)cc2)SC1=S. The van der Waals surface area contributed by atoms with E-state index in [2.05, 4.69) is 4.74 Å². The van der Waals surface area contributed by atoms with Gasteiger partial charge in [0.15, 0.2) is 0 Å². The molecule has 0 spiro atoms. The van der Waals surface area contributed by atoms with Crippen LogP contribution in [-0.2, 0) is 14.3 Å². The Morgan fingerprint density at radius 2 is 2.00 bits per heavy atom. The quantitative estimate of drug-likeness (QED) is 0.422. The summed E-state index contributed by atoms with van der Waals surface area (Å²) in [6, 6.07) is 5.44. The summed E-state index contributed by atoms with van der Waals surface area (Å²) in [5, 5.41) is 11.3. The summed E-state index contributed by atoms with van der Waals surface area (Å²) in [5.41, 5.74) is 1.08. The third-order valence-corrected chi connectivity index (χ3v) is 4.93. The molecule has 0 aliphatic carbocycles. The Balaban J connectivity index is 2.24. The van der Waals surface area contributed by atoms with Crippen molar-refractivity contribution in [3.63, 3.8) is 0 Å². The van der Waals surface area contributed by atoms with E-state index in [1.54, 1.807) is 30.3 Å². The smallest absolute Gasteiger partial charge is 0.337 e. The van der Waals surface area contributed by atoms with Crippen molar-refractivity contribution < 1.29 is 24.2 Å². The number of aliphatic carboxylic acids is 1. The molecule has 0 bridgehead atoms. The van der Waals surface area contributed by atoms with Crippen LogP contribution in [0.15, 0.2) is 29.2 Å². The van der Waals surface area contributed by atoms with Gasteiger partial charge in [0.05, 0.1) is 29.6 Å². The van der Waals surface area contributed by atoms with E-state index in [9.17, 15) is 19.5 Å². The highest BCUT2D eigenvalue weighted by molar-refractivity contribution is 8.26. The monoisotopic (exact) mass is 378 g/mol. The fourth-order valence-corrected chi connectivity index (χ4v) is 3.72. The number of thiocarbonyl (C=S) groups is 1. The Kier molecular flexibility index (Phi) is 6.33. The first kappa shape index (κ1) is 19.1. The number of methoxy groups -OCH3 is 1. The molecular formula is C17H16NO5S2-. The van der Waals surface area contributed by atoms with E-state index in [0.717, 1.165) is 16.7 Å². The van der Waals surface area contributed by atoms with Gasteiger partial charge in [-0.15, -0.1) is 0 Å². The third kappa shape index (κ3) is 4.26. The minimum Gasteiger partial charge on any atom is -0.548 e. The summed E-state index contributed by atoms with van der Waals surface area (Å²) in [7, 11) is 1.30. The van der Waals surface area contributed by atoms with Gasteiger partial charge < -0.3 is 14.6 Å². The Hall–Kier alpha value is -2.19. The number of ether oxygens (including phenoxy) is 1. The number of carboxylic acid groups (broad SMARTS) is 1. The average Bonchev–Trinajstić information content (AvgIpc) is 2.86. The van der Waals surface area contributed by atoms with Gasteiger partial charge in [0.25, 0.3) is 5.91 Å². The van der Waals surface area contributed by atoms with E-state index in [4.69, 9.17) is 12.2 Å². The van der Waals surface area contributed by atoms with Crippen LogP contribution in [0.1, 0.15) is 35.7 Å². The summed E-state index contributed by atoms with van der Waals surface area (Å²) >= 11 is 6.22. The summed E-state index contributed by atoms with van der Waals surface area (Å²) in [6.45, 7) is 1.83. The molecule has 1 saturated heterocycles. The Labute approximate surface area is 154 Å². The summed E-state index contributed by atoms with van der Waals surface area (Å²) in [6.07, 6.45) is 2.47. The van der Waals surface area contributed by atoms with E-state index in [0.29, 0.717) is 22.5 Å². The first-order chi connectivity index (χ1) is 11.9. The van der Waals surface area contributed by atoms with E-state index >= 15 is 0 Å². The van der Waals surface area contributed by atoms with Crippen LogP contribution in [0.5, 0.6) is 0 Å². The molecule has 2 rings (SSSR count). The molecule has 0 radical (unpaired) electrons. The summed E-state index contributed by atoms with van der Waals surface area (Å²) < 4.78 is 4.83. The molecule has 1 amide bonds. The Morgan fingerprint density at radius 1 is 1.36 bits per heavy atom. The highest BCUT2D eigenvalue weighted by Gasteiger charge is 2.37. The molecule has 0 aromatic heterocycles. The van der Waals surface area contributed by atoms with Gasteiger partial charge in [-0.25, -0.2) is 4.79 Å². The number of hydrogen-bond donors (Lipinski definition) is 0. The van der Waals surface area contributed by atoms with Crippen LogP contribution in [0, 0.1) is 0 Å². The standard InChI is InChI=1S/C17H17NO5S2/c1-3-4-12(15(20)21)18-14(19)13(25-17(18)24)9-10-5-7-11(8-6-10)16(22)23-2/h5-9,12H,3-4H2,1-2H3,(H,20,21)/p-1/b13-9-/t12-/m1/s1. The van der Waals surface area contributed by atoms with Gasteiger partial charge in [0, 0.05) is 0 Å². The zero-order chi connectivity index (χ0) is 18.6. The molecule has 1 fully saturated rings. The highest BCUT2D eigenvalue weighted by Crippen LogP contribution is 2.34. The number of hydrogen-bond acceptors (Lipinski definition) is 7. The van der Waals surface area contributed by atoms with Gasteiger partial charge in [0.2, 0.25) is 0 Å². The Bertz CT molecular complexity index is 742. The zero-order valence-electron chi connectivity index (χ0n) is 13.7. The third-order valence-electron chi connectivity index (χ3n) is 3.60. The fraction of sp³-hybridized carbons (Fsp3) is 0.294. The maximum absolute atomic E-state index is 12.5. The van der Waals surface area contributed by atoms with Gasteiger partial charge >= 0.3 is 5.97 Å². The molecule has 25 heavy (non-hydrogen) atoms. The molecule has 1 aromatic rings. The molecular weight excluding hydrogens is 362 g/mol. The van der Waals surface area contributed by atoms with E-state index in [1.165, 1.54) is 7.11 Å². The van der Waals surface area contributed by atoms with Crippen molar-refractivity contribution in [3.05, 3.63) is 40.3 Å². The van der Waals surface area contributed by atoms with Crippen LogP contribution in [0.3, 0.4) is 0 Å². The number of amides is 1. The minimum absolute atomic E-state index is 0.199. The normalized spacial score (nSPS) is 17.0. The van der Waals surface area contributed by atoms with Gasteiger partial charge in [-0.1, -0.05) is 49.5 Å². The summed E-state index contributed by atoms with van der Waals surface area (Å²) in [4.78, 5) is 36.7. The second-order valence-electron chi connectivity index (χ2n) is 5.29. The Morgan fingerprint density at radius 3 is 2.52 bits per heavy atom. The van der Waals surface area contributed by atoms with Crippen molar-refractivity contribution in [3.8, 4) is 0 Å². The van der Waals surface area contributed by atoms with Crippen molar-refractivity contribution in [1.29, 1.82) is 0 Å². The van der Waals surface area contributed by atoms with Crippen LogP contribution in [0.4, 0.5) is 0 Å². The number of rotatable bonds is 6. The van der Waals surface area contributed by atoms with Crippen LogP contribution < -0.4 is 5.11 Å². The largest absolute Gasteiger partial charge is 0.548 e. The topological polar surface area (TPSA) is 86.7 Å². The van der Waals surface area contributed by atoms with Gasteiger partial charge in [-0.05, 0) is 30.2 Å². The first-order valence-electron chi connectivity index (χ1n) is 7.55. The van der Waals surface area contributed by atoms with Crippen molar-refractivity contribution >= 4 is 52.2 Å². The van der Waals surface area contributed by atoms with Crippen LogP contribution in [0.2, 0.25) is 0 Å². The zero-order valence-corrected chi connectivity index (χ0v) is 15.3. The maximum Gasteiger partial charge on any atom is 0.337 e. The van der Waals surface area contributed by atoms with Crippen molar-refractivity contribution in [1.82, 2.24) is 4.90 Å². The van der Waals surface area contributed by atoms with E-state index in [-0.39, 0.29) is 10.7 Å².